The first kappa shape index (κ1) is 18.6. The van der Waals surface area contributed by atoms with Crippen molar-refractivity contribution in [3.8, 4) is 0 Å². The van der Waals surface area contributed by atoms with Gasteiger partial charge in [0.1, 0.15) is 6.61 Å². The molecule has 0 bridgehead atoms. The van der Waals surface area contributed by atoms with Gasteiger partial charge >= 0.3 is 0 Å². The summed E-state index contributed by atoms with van der Waals surface area (Å²) in [5.74, 6) is 0.519. The molecule has 5 nitrogen and oxygen atoms in total. The zero-order valence-corrected chi connectivity index (χ0v) is 15.6. The van der Waals surface area contributed by atoms with E-state index in [4.69, 9.17) is 4.74 Å². The number of rotatable bonds is 4. The van der Waals surface area contributed by atoms with Crippen molar-refractivity contribution in [2.75, 3.05) is 26.2 Å². The fraction of sp³-hybridized carbons (Fsp3) is 0.524. The Hall–Kier alpha value is -2.14. The lowest BCUT2D eigenvalue weighted by Crippen LogP contribution is -2.55. The van der Waals surface area contributed by atoms with Gasteiger partial charge in [0.2, 0.25) is 11.8 Å². The molecular formula is C21H28N2O3. The van der Waals surface area contributed by atoms with Crippen molar-refractivity contribution in [3.63, 3.8) is 0 Å². The topological polar surface area (TPSA) is 49.9 Å². The molecule has 0 aromatic heterocycles. The summed E-state index contributed by atoms with van der Waals surface area (Å²) in [6.07, 6.45) is 5.07. The molecule has 26 heavy (non-hydrogen) atoms. The lowest BCUT2D eigenvalue weighted by atomic mass is 10.0. The number of hydrogen-bond acceptors (Lipinski definition) is 3. The largest absolute Gasteiger partial charge is 0.366 e. The zero-order valence-electron chi connectivity index (χ0n) is 15.6. The first-order valence-electron chi connectivity index (χ1n) is 9.47. The van der Waals surface area contributed by atoms with Crippen molar-refractivity contribution in [1.82, 2.24) is 9.80 Å². The Kier molecular flexibility index (Phi) is 6.09. The highest BCUT2D eigenvalue weighted by atomic mass is 16.5. The van der Waals surface area contributed by atoms with Gasteiger partial charge in [-0.1, -0.05) is 44.2 Å². The number of amides is 2. The van der Waals surface area contributed by atoms with E-state index in [9.17, 15) is 9.59 Å². The molecule has 0 spiro atoms. The van der Waals surface area contributed by atoms with E-state index in [0.717, 1.165) is 24.9 Å². The quantitative estimate of drug-likeness (QED) is 0.779. The molecule has 2 atom stereocenters. The predicted octanol–water partition coefficient (Wildman–Crippen LogP) is 2.57. The van der Waals surface area contributed by atoms with Crippen molar-refractivity contribution in [2.24, 2.45) is 5.92 Å². The van der Waals surface area contributed by atoms with Crippen molar-refractivity contribution in [2.45, 2.75) is 38.8 Å². The summed E-state index contributed by atoms with van der Waals surface area (Å²) in [5, 5.41) is 0. The maximum absolute atomic E-state index is 12.6. The molecule has 2 heterocycles. The second-order valence-electron chi connectivity index (χ2n) is 7.50. The summed E-state index contributed by atoms with van der Waals surface area (Å²) in [6.45, 7) is 6.49. The second-order valence-corrected chi connectivity index (χ2v) is 7.50. The van der Waals surface area contributed by atoms with Crippen LogP contribution in [0.4, 0.5) is 0 Å². The van der Waals surface area contributed by atoms with Gasteiger partial charge in [-0.2, -0.15) is 0 Å². The van der Waals surface area contributed by atoms with Crippen molar-refractivity contribution < 1.29 is 14.3 Å². The van der Waals surface area contributed by atoms with E-state index < -0.39 is 0 Å². The van der Waals surface area contributed by atoms with Gasteiger partial charge in [0, 0.05) is 25.7 Å². The minimum Gasteiger partial charge on any atom is -0.366 e. The van der Waals surface area contributed by atoms with Crippen LogP contribution in [0.2, 0.25) is 0 Å². The fourth-order valence-electron chi connectivity index (χ4n) is 3.75. The molecule has 5 heteroatoms. The third kappa shape index (κ3) is 4.52. The molecular weight excluding hydrogens is 328 g/mol. The van der Waals surface area contributed by atoms with E-state index in [0.29, 0.717) is 19.0 Å². The van der Waals surface area contributed by atoms with Crippen LogP contribution in [0.3, 0.4) is 0 Å². The molecule has 0 unspecified atom stereocenters. The number of carbonyl (C=O) groups excluding carboxylic acids is 2. The molecule has 0 aliphatic carbocycles. The van der Waals surface area contributed by atoms with E-state index in [1.54, 1.807) is 6.08 Å². The highest BCUT2D eigenvalue weighted by Gasteiger charge is 2.38. The van der Waals surface area contributed by atoms with E-state index in [2.05, 4.69) is 13.8 Å². The number of morpholine rings is 1. The van der Waals surface area contributed by atoms with Crippen molar-refractivity contribution in [3.05, 3.63) is 42.0 Å². The highest BCUT2D eigenvalue weighted by Crippen LogP contribution is 2.25. The van der Waals surface area contributed by atoms with Crippen LogP contribution >= 0.6 is 0 Å². The van der Waals surface area contributed by atoms with Gasteiger partial charge in [-0.15, -0.1) is 0 Å². The van der Waals surface area contributed by atoms with Crippen LogP contribution in [0.25, 0.3) is 6.08 Å². The maximum atomic E-state index is 12.6. The Labute approximate surface area is 155 Å². The molecule has 0 radical (unpaired) electrons. The number of likely N-dealkylation sites (tertiary alicyclic amines) is 1. The second kappa shape index (κ2) is 8.49. The molecule has 2 aliphatic rings. The van der Waals surface area contributed by atoms with Gasteiger partial charge in [-0.25, -0.2) is 0 Å². The standard InChI is InChI=1S/C21H28N2O3/c1-16(2)14-23-18-10-12-22(13-11-19(18)26-15-21(23)25)20(24)9-8-17-6-4-3-5-7-17/h3-9,16,18-19H,10-15H2,1-2H3/b9-8+/t18-,19-/m0/s1. The van der Waals surface area contributed by atoms with Crippen LogP contribution in [0.5, 0.6) is 0 Å². The van der Waals surface area contributed by atoms with Gasteiger partial charge in [0.05, 0.1) is 12.1 Å². The Bertz CT molecular complexity index is 656. The average molecular weight is 356 g/mol. The Morgan fingerprint density at radius 1 is 1.23 bits per heavy atom. The van der Waals surface area contributed by atoms with Crippen LogP contribution in [0.15, 0.2) is 36.4 Å². The van der Waals surface area contributed by atoms with Crippen molar-refractivity contribution in [1.29, 1.82) is 0 Å². The Morgan fingerprint density at radius 3 is 2.69 bits per heavy atom. The number of hydrogen-bond donors (Lipinski definition) is 0. The van der Waals surface area contributed by atoms with Crippen LogP contribution < -0.4 is 0 Å². The lowest BCUT2D eigenvalue weighted by molar-refractivity contribution is -0.158. The summed E-state index contributed by atoms with van der Waals surface area (Å²) in [4.78, 5) is 28.7. The summed E-state index contributed by atoms with van der Waals surface area (Å²) in [7, 11) is 0. The molecule has 2 amide bonds. The minimum absolute atomic E-state index is 0.0224. The van der Waals surface area contributed by atoms with Crippen LogP contribution in [-0.4, -0.2) is 60.0 Å². The van der Waals surface area contributed by atoms with Crippen LogP contribution in [0, 0.1) is 5.92 Å². The first-order chi connectivity index (χ1) is 12.5. The van der Waals surface area contributed by atoms with Gasteiger partial charge in [0.25, 0.3) is 0 Å². The Morgan fingerprint density at radius 2 is 1.96 bits per heavy atom. The zero-order chi connectivity index (χ0) is 18.5. The SMILES string of the molecule is CC(C)CN1C(=O)CO[C@H]2CCN(C(=O)/C=C/c3ccccc3)CC[C@@H]21. The smallest absolute Gasteiger partial charge is 0.248 e. The van der Waals surface area contributed by atoms with Gasteiger partial charge in [-0.05, 0) is 30.4 Å². The minimum atomic E-state index is 0.0224. The number of ether oxygens (including phenoxy) is 1. The number of carbonyl (C=O) groups is 2. The van der Waals surface area contributed by atoms with E-state index >= 15 is 0 Å². The van der Waals surface area contributed by atoms with E-state index in [1.807, 2.05) is 46.2 Å². The summed E-state index contributed by atoms with van der Waals surface area (Å²) in [6, 6.07) is 9.90. The molecule has 2 saturated heterocycles. The van der Waals surface area contributed by atoms with Gasteiger partial charge < -0.3 is 14.5 Å². The third-order valence-electron chi connectivity index (χ3n) is 5.04. The lowest BCUT2D eigenvalue weighted by Gasteiger charge is -2.41. The molecule has 3 rings (SSSR count). The van der Waals surface area contributed by atoms with Gasteiger partial charge in [0.15, 0.2) is 0 Å². The molecule has 1 aromatic rings. The third-order valence-corrected chi connectivity index (χ3v) is 5.04. The van der Waals surface area contributed by atoms with E-state index in [1.165, 1.54) is 0 Å². The molecule has 0 saturated carbocycles. The number of nitrogens with zero attached hydrogens (tertiary/aromatic N) is 2. The summed E-state index contributed by atoms with van der Waals surface area (Å²) >= 11 is 0. The first-order valence-corrected chi connectivity index (χ1v) is 9.47. The van der Waals surface area contributed by atoms with Crippen LogP contribution in [-0.2, 0) is 14.3 Å². The highest BCUT2D eigenvalue weighted by molar-refractivity contribution is 5.91. The monoisotopic (exact) mass is 356 g/mol. The molecule has 2 fully saturated rings. The fourth-order valence-corrected chi connectivity index (χ4v) is 3.75. The normalized spacial score (nSPS) is 24.0. The van der Waals surface area contributed by atoms with Crippen molar-refractivity contribution >= 4 is 17.9 Å². The van der Waals surface area contributed by atoms with E-state index in [-0.39, 0.29) is 30.6 Å². The average Bonchev–Trinajstić information content (AvgIpc) is 2.85. The summed E-state index contributed by atoms with van der Waals surface area (Å²) in [5.41, 5.74) is 1.02. The predicted molar refractivity (Wildman–Crippen MR) is 101 cm³/mol. The maximum Gasteiger partial charge on any atom is 0.248 e. The van der Waals surface area contributed by atoms with Gasteiger partial charge in [-0.3, -0.25) is 9.59 Å². The molecule has 140 valence electrons. The Balaban J connectivity index is 1.64. The van der Waals surface area contributed by atoms with Crippen LogP contribution in [0.1, 0.15) is 32.3 Å². The number of benzene rings is 1. The number of fused-ring (bicyclic) bond motifs is 1. The molecule has 1 aromatic carbocycles. The molecule has 0 N–H and O–H groups in total. The molecule has 2 aliphatic heterocycles. The summed E-state index contributed by atoms with van der Waals surface area (Å²) < 4.78 is 5.80.